The van der Waals surface area contributed by atoms with Crippen molar-refractivity contribution < 1.29 is 4.74 Å². The van der Waals surface area contributed by atoms with E-state index in [0.29, 0.717) is 12.5 Å². The number of methoxy groups -OCH3 is 1. The zero-order valence-electron chi connectivity index (χ0n) is 11.3. The van der Waals surface area contributed by atoms with Crippen molar-refractivity contribution in [1.29, 1.82) is 0 Å². The molecule has 1 atom stereocenters. The highest BCUT2D eigenvalue weighted by Crippen LogP contribution is 2.24. The average molecular weight is 256 g/mol. The van der Waals surface area contributed by atoms with Crippen molar-refractivity contribution in [2.24, 2.45) is 5.73 Å². The van der Waals surface area contributed by atoms with Crippen molar-refractivity contribution in [3.8, 4) is 5.75 Å². The zero-order valence-corrected chi connectivity index (χ0v) is 11.3. The maximum absolute atomic E-state index is 5.89. The molecule has 0 radical (unpaired) electrons. The highest BCUT2D eigenvalue weighted by molar-refractivity contribution is 5.33. The number of pyridine rings is 1. The molecule has 1 unspecified atom stereocenters. The van der Waals surface area contributed by atoms with E-state index in [9.17, 15) is 0 Å². The number of benzene rings is 1. The van der Waals surface area contributed by atoms with Gasteiger partial charge in [-0.2, -0.15) is 0 Å². The molecule has 3 heteroatoms. The lowest BCUT2D eigenvalue weighted by Gasteiger charge is -2.16. The summed E-state index contributed by atoms with van der Waals surface area (Å²) < 4.78 is 5.38. The Hall–Kier alpha value is -1.87. The number of nitrogens with zero attached hydrogens (tertiary/aromatic N) is 1. The fourth-order valence-electron chi connectivity index (χ4n) is 2.30. The molecule has 0 fully saturated rings. The van der Waals surface area contributed by atoms with Crippen LogP contribution in [0.1, 0.15) is 23.5 Å². The number of nitrogens with two attached hydrogens (primary N) is 1. The van der Waals surface area contributed by atoms with Gasteiger partial charge in [0.05, 0.1) is 7.11 Å². The van der Waals surface area contributed by atoms with E-state index in [1.807, 2.05) is 42.7 Å². The first-order valence-corrected chi connectivity index (χ1v) is 6.57. The summed E-state index contributed by atoms with van der Waals surface area (Å²) in [4.78, 5) is 4.05. The number of ether oxygens (including phenoxy) is 1. The van der Waals surface area contributed by atoms with Gasteiger partial charge in [-0.15, -0.1) is 0 Å². The summed E-state index contributed by atoms with van der Waals surface area (Å²) >= 11 is 0. The summed E-state index contributed by atoms with van der Waals surface area (Å²) in [5.74, 6) is 1.32. The topological polar surface area (TPSA) is 48.1 Å². The van der Waals surface area contributed by atoms with Crippen molar-refractivity contribution >= 4 is 0 Å². The average Bonchev–Trinajstić information content (AvgIpc) is 2.49. The molecule has 0 saturated heterocycles. The maximum atomic E-state index is 5.89. The molecule has 1 aromatic heterocycles. The van der Waals surface area contributed by atoms with E-state index >= 15 is 0 Å². The highest BCUT2D eigenvalue weighted by Gasteiger charge is 2.11. The van der Waals surface area contributed by atoms with Gasteiger partial charge in [-0.25, -0.2) is 0 Å². The van der Waals surface area contributed by atoms with Crippen molar-refractivity contribution in [2.75, 3.05) is 13.7 Å². The van der Waals surface area contributed by atoms with Crippen molar-refractivity contribution in [3.05, 3.63) is 59.9 Å². The molecule has 0 bridgehead atoms. The molecular formula is C16H20N2O. The van der Waals surface area contributed by atoms with Gasteiger partial charge in [0.1, 0.15) is 5.75 Å². The third-order valence-corrected chi connectivity index (χ3v) is 3.42. The first kappa shape index (κ1) is 13.6. The van der Waals surface area contributed by atoms with Crippen LogP contribution < -0.4 is 10.5 Å². The number of hydrogen-bond acceptors (Lipinski definition) is 3. The third-order valence-electron chi connectivity index (χ3n) is 3.42. The molecule has 19 heavy (non-hydrogen) atoms. The molecule has 2 N–H and O–H groups in total. The summed E-state index contributed by atoms with van der Waals surface area (Å²) in [7, 11) is 1.71. The fraction of sp³-hybridized carbons (Fsp3) is 0.312. The molecule has 3 nitrogen and oxygen atoms in total. The van der Waals surface area contributed by atoms with Crippen LogP contribution in [0, 0.1) is 0 Å². The summed E-state index contributed by atoms with van der Waals surface area (Å²) in [6, 6.07) is 12.2. The van der Waals surface area contributed by atoms with Gasteiger partial charge in [0.2, 0.25) is 0 Å². The minimum absolute atomic E-state index is 0.368. The molecule has 1 heterocycles. The van der Waals surface area contributed by atoms with Crippen LogP contribution in [0.4, 0.5) is 0 Å². The van der Waals surface area contributed by atoms with Crippen molar-refractivity contribution in [2.45, 2.75) is 18.8 Å². The van der Waals surface area contributed by atoms with Crippen LogP contribution in [-0.2, 0) is 6.42 Å². The quantitative estimate of drug-likeness (QED) is 0.864. The molecule has 1 aromatic carbocycles. The lowest BCUT2D eigenvalue weighted by molar-refractivity contribution is 0.408. The van der Waals surface area contributed by atoms with Crippen molar-refractivity contribution in [3.63, 3.8) is 0 Å². The Morgan fingerprint density at radius 1 is 1.16 bits per heavy atom. The van der Waals surface area contributed by atoms with E-state index in [4.69, 9.17) is 10.5 Å². The first-order valence-electron chi connectivity index (χ1n) is 6.57. The molecule has 2 aromatic rings. The Morgan fingerprint density at radius 2 is 1.89 bits per heavy atom. The fourth-order valence-corrected chi connectivity index (χ4v) is 2.30. The standard InChI is InChI=1S/C16H20N2O/c1-19-16-5-3-2-4-14(16)6-7-15(12-17)13-8-10-18-11-9-13/h2-5,8-11,15H,6-7,12,17H2,1H3. The first-order chi connectivity index (χ1) is 9.35. The SMILES string of the molecule is COc1ccccc1CCC(CN)c1ccncc1. The summed E-state index contributed by atoms with van der Waals surface area (Å²) in [6.45, 7) is 0.652. The molecule has 0 aliphatic carbocycles. The maximum Gasteiger partial charge on any atom is 0.122 e. The molecule has 0 amide bonds. The van der Waals surface area contributed by atoms with Gasteiger partial charge in [0, 0.05) is 12.4 Å². The molecule has 0 aliphatic heterocycles. The molecule has 2 rings (SSSR count). The normalized spacial score (nSPS) is 12.1. The third kappa shape index (κ3) is 3.55. The summed E-state index contributed by atoms with van der Waals surface area (Å²) in [5, 5.41) is 0. The number of hydrogen-bond donors (Lipinski definition) is 1. The van der Waals surface area contributed by atoms with Gasteiger partial charge in [0.25, 0.3) is 0 Å². The second-order valence-corrected chi connectivity index (χ2v) is 4.56. The van der Waals surface area contributed by atoms with E-state index < -0.39 is 0 Å². The monoisotopic (exact) mass is 256 g/mol. The van der Waals surface area contributed by atoms with Gasteiger partial charge < -0.3 is 10.5 Å². The lowest BCUT2D eigenvalue weighted by atomic mass is 9.93. The Balaban J connectivity index is 2.04. The van der Waals surface area contributed by atoms with Crippen molar-refractivity contribution in [1.82, 2.24) is 4.98 Å². The molecule has 0 aliphatic rings. The van der Waals surface area contributed by atoms with Gasteiger partial charge in [0.15, 0.2) is 0 Å². The highest BCUT2D eigenvalue weighted by atomic mass is 16.5. The van der Waals surface area contributed by atoms with Gasteiger partial charge in [-0.3, -0.25) is 4.98 Å². The molecule has 0 saturated carbocycles. The smallest absolute Gasteiger partial charge is 0.122 e. The van der Waals surface area contributed by atoms with E-state index in [0.717, 1.165) is 18.6 Å². The van der Waals surface area contributed by atoms with Crippen LogP contribution >= 0.6 is 0 Å². The molecule has 100 valence electrons. The van der Waals surface area contributed by atoms with E-state index in [2.05, 4.69) is 11.1 Å². The number of rotatable bonds is 6. The number of para-hydroxylation sites is 1. The summed E-state index contributed by atoms with van der Waals surface area (Å²) in [6.07, 6.45) is 5.62. The Labute approximate surface area is 114 Å². The summed E-state index contributed by atoms with van der Waals surface area (Å²) in [5.41, 5.74) is 8.38. The lowest BCUT2D eigenvalue weighted by Crippen LogP contribution is -2.13. The van der Waals surface area contributed by atoms with Crippen LogP contribution in [0.25, 0.3) is 0 Å². The van der Waals surface area contributed by atoms with Gasteiger partial charge >= 0.3 is 0 Å². The van der Waals surface area contributed by atoms with Crippen LogP contribution in [-0.4, -0.2) is 18.6 Å². The predicted octanol–water partition coefficient (Wildman–Crippen LogP) is 2.77. The van der Waals surface area contributed by atoms with Crippen LogP contribution in [0.2, 0.25) is 0 Å². The van der Waals surface area contributed by atoms with E-state index in [-0.39, 0.29) is 0 Å². The number of aryl methyl sites for hydroxylation is 1. The van der Waals surface area contributed by atoms with E-state index in [1.165, 1.54) is 11.1 Å². The Morgan fingerprint density at radius 3 is 2.58 bits per heavy atom. The van der Waals surface area contributed by atoms with Crippen LogP contribution in [0.3, 0.4) is 0 Å². The second-order valence-electron chi connectivity index (χ2n) is 4.56. The second kappa shape index (κ2) is 6.90. The Kier molecular flexibility index (Phi) is 4.93. The largest absolute Gasteiger partial charge is 0.496 e. The predicted molar refractivity (Wildman–Crippen MR) is 77.3 cm³/mol. The molecule has 0 spiro atoms. The minimum atomic E-state index is 0.368. The van der Waals surface area contributed by atoms with E-state index in [1.54, 1.807) is 7.11 Å². The molecular weight excluding hydrogens is 236 g/mol. The van der Waals surface area contributed by atoms with Gasteiger partial charge in [-0.1, -0.05) is 18.2 Å². The number of aromatic nitrogens is 1. The zero-order chi connectivity index (χ0) is 13.5. The minimum Gasteiger partial charge on any atom is -0.496 e. The van der Waals surface area contributed by atoms with Crippen LogP contribution in [0.5, 0.6) is 5.75 Å². The van der Waals surface area contributed by atoms with Crippen LogP contribution in [0.15, 0.2) is 48.8 Å². The Bertz CT molecular complexity index is 499. The van der Waals surface area contributed by atoms with Gasteiger partial charge in [-0.05, 0) is 54.6 Å².